The Morgan fingerprint density at radius 2 is 2.12 bits per heavy atom. The lowest BCUT2D eigenvalue weighted by molar-refractivity contribution is 0.0720. The number of likely N-dealkylation sites (tertiary alicyclic amines) is 1. The summed E-state index contributed by atoms with van der Waals surface area (Å²) < 4.78 is 1.85. The molecule has 7 nitrogen and oxygen atoms in total. The average molecular weight is 340 g/mol. The van der Waals surface area contributed by atoms with Crippen molar-refractivity contribution < 1.29 is 4.79 Å². The van der Waals surface area contributed by atoms with E-state index in [-0.39, 0.29) is 11.9 Å². The number of nitrogens with one attached hydrogen (secondary N) is 1. The molecule has 0 radical (unpaired) electrons. The molecule has 25 heavy (non-hydrogen) atoms. The number of rotatable bonds is 5. The highest BCUT2D eigenvalue weighted by atomic mass is 16.2. The van der Waals surface area contributed by atoms with Crippen molar-refractivity contribution in [1.29, 1.82) is 0 Å². The van der Waals surface area contributed by atoms with E-state index >= 15 is 0 Å². The Labute approximate surface area is 147 Å². The summed E-state index contributed by atoms with van der Waals surface area (Å²) in [7, 11) is 1.82. The average Bonchev–Trinajstić information content (AvgIpc) is 3.23. The molecule has 2 aromatic heterocycles. The monoisotopic (exact) mass is 340 g/mol. The van der Waals surface area contributed by atoms with Gasteiger partial charge in [0, 0.05) is 26.1 Å². The largest absolute Gasteiger partial charge is 0.372 e. The molecule has 1 atom stereocenters. The molecule has 2 fully saturated rings. The molecule has 1 aliphatic heterocycles. The summed E-state index contributed by atoms with van der Waals surface area (Å²) in [6, 6.07) is 1.98. The topological polar surface area (TPSA) is 75.9 Å². The second kappa shape index (κ2) is 6.46. The van der Waals surface area contributed by atoms with E-state index in [9.17, 15) is 4.79 Å². The minimum atomic E-state index is -0.0159. The summed E-state index contributed by atoms with van der Waals surface area (Å²) in [6.45, 7) is 3.49. The number of carbonyl (C=O) groups is 1. The van der Waals surface area contributed by atoms with E-state index in [1.807, 2.05) is 29.6 Å². The van der Waals surface area contributed by atoms with Gasteiger partial charge in [0.05, 0.1) is 29.8 Å². The van der Waals surface area contributed by atoms with E-state index in [1.165, 1.54) is 12.8 Å². The Kier molecular flexibility index (Phi) is 4.15. The molecule has 1 unspecified atom stereocenters. The van der Waals surface area contributed by atoms with E-state index in [0.29, 0.717) is 18.2 Å². The quantitative estimate of drug-likeness (QED) is 0.905. The SMILES string of the molecule is CCn1nc(C2CC2)cc1C(=O)N1CCCC1c1cncc(NC)n1. The normalized spacial score (nSPS) is 20.1. The Morgan fingerprint density at radius 1 is 1.28 bits per heavy atom. The fraction of sp³-hybridized carbons (Fsp3) is 0.556. The smallest absolute Gasteiger partial charge is 0.272 e. The van der Waals surface area contributed by atoms with Crippen molar-refractivity contribution in [3.8, 4) is 0 Å². The Morgan fingerprint density at radius 3 is 2.84 bits per heavy atom. The first-order chi connectivity index (χ1) is 12.2. The highest BCUT2D eigenvalue weighted by Crippen LogP contribution is 2.40. The van der Waals surface area contributed by atoms with E-state index in [2.05, 4.69) is 20.4 Å². The predicted octanol–water partition coefficient (Wildman–Crippen LogP) is 2.59. The molecule has 1 saturated heterocycles. The maximum Gasteiger partial charge on any atom is 0.272 e. The van der Waals surface area contributed by atoms with Gasteiger partial charge in [-0.05, 0) is 38.7 Å². The number of nitrogens with zero attached hydrogens (tertiary/aromatic N) is 5. The first-order valence-electron chi connectivity index (χ1n) is 9.09. The highest BCUT2D eigenvalue weighted by Gasteiger charge is 2.35. The summed E-state index contributed by atoms with van der Waals surface area (Å²) in [6.07, 6.45) is 7.74. The first kappa shape index (κ1) is 16.1. The third-order valence-corrected chi connectivity index (χ3v) is 5.08. The maximum atomic E-state index is 13.2. The van der Waals surface area contributed by atoms with Crippen molar-refractivity contribution in [2.45, 2.75) is 51.1 Å². The summed E-state index contributed by atoms with van der Waals surface area (Å²) in [4.78, 5) is 24.0. The molecule has 1 saturated carbocycles. The number of aryl methyl sites for hydroxylation is 1. The van der Waals surface area contributed by atoms with Gasteiger partial charge in [-0.3, -0.25) is 14.5 Å². The van der Waals surface area contributed by atoms with Gasteiger partial charge in [0.2, 0.25) is 0 Å². The molecular weight excluding hydrogens is 316 g/mol. The van der Waals surface area contributed by atoms with Crippen molar-refractivity contribution >= 4 is 11.7 Å². The summed E-state index contributed by atoms with van der Waals surface area (Å²) in [5.74, 6) is 1.33. The minimum Gasteiger partial charge on any atom is -0.372 e. The van der Waals surface area contributed by atoms with E-state index < -0.39 is 0 Å². The van der Waals surface area contributed by atoms with E-state index in [1.54, 1.807) is 12.4 Å². The van der Waals surface area contributed by atoms with Crippen LogP contribution in [-0.2, 0) is 6.54 Å². The molecule has 1 amide bonds. The molecule has 2 aromatic rings. The second-order valence-corrected chi connectivity index (χ2v) is 6.78. The molecule has 1 N–H and O–H groups in total. The van der Waals surface area contributed by atoms with Crippen LogP contribution in [-0.4, -0.2) is 44.1 Å². The zero-order valence-corrected chi connectivity index (χ0v) is 14.8. The third-order valence-electron chi connectivity index (χ3n) is 5.08. The Hall–Kier alpha value is -2.44. The highest BCUT2D eigenvalue weighted by molar-refractivity contribution is 5.93. The van der Waals surface area contributed by atoms with Crippen LogP contribution in [0.2, 0.25) is 0 Å². The van der Waals surface area contributed by atoms with Gasteiger partial charge >= 0.3 is 0 Å². The van der Waals surface area contributed by atoms with Crippen molar-refractivity contribution in [3.63, 3.8) is 0 Å². The van der Waals surface area contributed by atoms with Crippen LogP contribution in [0, 0.1) is 0 Å². The fourth-order valence-corrected chi connectivity index (χ4v) is 3.55. The fourth-order valence-electron chi connectivity index (χ4n) is 3.55. The Balaban J connectivity index is 1.62. The number of aromatic nitrogens is 4. The second-order valence-electron chi connectivity index (χ2n) is 6.78. The number of hydrogen-bond donors (Lipinski definition) is 1. The van der Waals surface area contributed by atoms with Gasteiger partial charge in [0.25, 0.3) is 5.91 Å². The standard InChI is InChI=1S/C18H24N6O/c1-3-24-16(9-13(22-24)12-6-7-12)18(25)23-8-4-5-15(23)14-10-20-11-17(19-2)21-14/h9-12,15H,3-8H2,1-2H3,(H,19,21). The van der Waals surface area contributed by atoms with Gasteiger partial charge < -0.3 is 10.2 Å². The number of hydrogen-bond acceptors (Lipinski definition) is 5. The summed E-state index contributed by atoms with van der Waals surface area (Å²) >= 11 is 0. The molecule has 132 valence electrons. The van der Waals surface area contributed by atoms with Crippen molar-refractivity contribution in [1.82, 2.24) is 24.6 Å². The molecule has 0 bridgehead atoms. The Bertz CT molecular complexity index is 782. The van der Waals surface area contributed by atoms with Gasteiger partial charge in [-0.15, -0.1) is 0 Å². The van der Waals surface area contributed by atoms with Crippen molar-refractivity contribution in [3.05, 3.63) is 35.5 Å². The van der Waals surface area contributed by atoms with Gasteiger partial charge in [-0.2, -0.15) is 5.10 Å². The maximum absolute atomic E-state index is 13.2. The lowest BCUT2D eigenvalue weighted by atomic mass is 10.1. The van der Waals surface area contributed by atoms with Crippen LogP contribution in [0.15, 0.2) is 18.5 Å². The van der Waals surface area contributed by atoms with Gasteiger partial charge in [0.15, 0.2) is 0 Å². The molecule has 0 aromatic carbocycles. The molecule has 1 aliphatic carbocycles. The summed E-state index contributed by atoms with van der Waals surface area (Å²) in [5, 5.41) is 7.66. The van der Waals surface area contributed by atoms with Crippen LogP contribution in [0.4, 0.5) is 5.82 Å². The van der Waals surface area contributed by atoms with Gasteiger partial charge in [-0.25, -0.2) is 4.98 Å². The molecule has 0 spiro atoms. The van der Waals surface area contributed by atoms with Crippen molar-refractivity contribution in [2.75, 3.05) is 18.9 Å². The zero-order chi connectivity index (χ0) is 17.4. The molecule has 2 aliphatic rings. The van der Waals surface area contributed by atoms with Gasteiger partial charge in [-0.1, -0.05) is 0 Å². The first-order valence-corrected chi connectivity index (χ1v) is 9.09. The van der Waals surface area contributed by atoms with Crippen LogP contribution < -0.4 is 5.32 Å². The zero-order valence-electron chi connectivity index (χ0n) is 14.8. The van der Waals surface area contributed by atoms with Crippen LogP contribution in [0.25, 0.3) is 0 Å². The lowest BCUT2D eigenvalue weighted by Gasteiger charge is -2.24. The predicted molar refractivity (Wildman–Crippen MR) is 94.5 cm³/mol. The number of anilines is 1. The van der Waals surface area contributed by atoms with Crippen LogP contribution in [0.5, 0.6) is 0 Å². The van der Waals surface area contributed by atoms with Gasteiger partial charge in [0.1, 0.15) is 11.5 Å². The lowest BCUT2D eigenvalue weighted by Crippen LogP contribution is -2.32. The molecule has 3 heterocycles. The third kappa shape index (κ3) is 2.99. The van der Waals surface area contributed by atoms with E-state index in [0.717, 1.165) is 36.6 Å². The number of carbonyl (C=O) groups excluding carboxylic acids is 1. The van der Waals surface area contributed by atoms with Crippen LogP contribution in [0.3, 0.4) is 0 Å². The van der Waals surface area contributed by atoms with Crippen LogP contribution >= 0.6 is 0 Å². The summed E-state index contributed by atoms with van der Waals surface area (Å²) in [5.41, 5.74) is 2.62. The number of amides is 1. The minimum absolute atomic E-state index is 0.0159. The van der Waals surface area contributed by atoms with E-state index in [4.69, 9.17) is 0 Å². The molecular formula is C18H24N6O. The molecule has 7 heteroatoms. The molecule has 4 rings (SSSR count). The van der Waals surface area contributed by atoms with Crippen LogP contribution in [0.1, 0.15) is 66.4 Å². The van der Waals surface area contributed by atoms with Crippen molar-refractivity contribution in [2.24, 2.45) is 0 Å².